The summed E-state index contributed by atoms with van der Waals surface area (Å²) in [5, 5.41) is 5.32. The van der Waals surface area contributed by atoms with E-state index in [1.54, 1.807) is 11.3 Å². The third-order valence-corrected chi connectivity index (χ3v) is 9.61. The van der Waals surface area contributed by atoms with E-state index in [0.717, 1.165) is 59.0 Å². The molecule has 0 aliphatic carbocycles. The minimum Gasteiger partial charge on any atom is -0.487 e. The number of benzene rings is 2. The minimum atomic E-state index is -0.190. The molecule has 42 heavy (non-hydrogen) atoms. The van der Waals surface area contributed by atoms with E-state index in [1.807, 2.05) is 37.3 Å². The predicted molar refractivity (Wildman–Crippen MR) is 169 cm³/mol. The van der Waals surface area contributed by atoms with E-state index in [9.17, 15) is 4.79 Å². The molecule has 2 aliphatic rings. The zero-order valence-electron chi connectivity index (χ0n) is 24.9. The van der Waals surface area contributed by atoms with Gasteiger partial charge >= 0.3 is 5.97 Å². The quantitative estimate of drug-likeness (QED) is 0.221. The van der Waals surface area contributed by atoms with E-state index in [-0.39, 0.29) is 30.5 Å². The van der Waals surface area contributed by atoms with Crippen molar-refractivity contribution in [2.45, 2.75) is 65.1 Å². The van der Waals surface area contributed by atoms with Crippen LogP contribution in [0.2, 0.25) is 0 Å². The highest BCUT2D eigenvalue weighted by Gasteiger charge is 2.30. The van der Waals surface area contributed by atoms with Crippen molar-refractivity contribution in [3.8, 4) is 5.75 Å². The lowest BCUT2D eigenvalue weighted by atomic mass is 9.84. The molecule has 0 bridgehead atoms. The molecule has 6 rings (SSSR count). The highest BCUT2D eigenvalue weighted by Crippen LogP contribution is 2.42. The minimum absolute atomic E-state index is 0.0878. The third kappa shape index (κ3) is 5.32. The summed E-state index contributed by atoms with van der Waals surface area (Å²) in [6.45, 7) is 10.3. The highest BCUT2D eigenvalue weighted by molar-refractivity contribution is 7.17. The standard InChI is InChI=1S/C33H39N5O3S/c1-6-25-19-38(21(4)32-29(41-25)9-8-13-34-32)18-24-16-23(15-22-12-14-42-33(22)24)27(17-30(39)40-7-2)26-10-11-28-31(20(26)3)35-36-37(28)5/h8-16,21,25,27,35-36H,6-7,17-19H2,1-5H3/t21-,25-,27?/m1/s1. The number of carbonyl (C=O) groups is 1. The van der Waals surface area contributed by atoms with Gasteiger partial charge in [-0.1, -0.05) is 19.1 Å². The number of fused-ring (bicyclic) bond motifs is 3. The molecule has 0 saturated carbocycles. The number of hydrogen-bond acceptors (Lipinski definition) is 9. The molecule has 2 aromatic heterocycles. The number of anilines is 2. The van der Waals surface area contributed by atoms with Crippen molar-refractivity contribution in [1.82, 2.24) is 15.4 Å². The van der Waals surface area contributed by atoms with Crippen LogP contribution < -0.4 is 20.7 Å². The molecule has 9 heteroatoms. The summed E-state index contributed by atoms with van der Waals surface area (Å²) < 4.78 is 13.1. The van der Waals surface area contributed by atoms with Crippen LogP contribution in [-0.4, -0.2) is 42.2 Å². The first-order valence-corrected chi connectivity index (χ1v) is 15.7. The van der Waals surface area contributed by atoms with Crippen molar-refractivity contribution in [3.05, 3.63) is 82.0 Å². The first kappa shape index (κ1) is 28.5. The van der Waals surface area contributed by atoms with Crippen LogP contribution >= 0.6 is 11.3 Å². The van der Waals surface area contributed by atoms with Gasteiger partial charge in [0.05, 0.1) is 36.1 Å². The maximum Gasteiger partial charge on any atom is 0.306 e. The Labute approximate surface area is 251 Å². The molecule has 0 spiro atoms. The van der Waals surface area contributed by atoms with Crippen LogP contribution in [0.15, 0.2) is 54.0 Å². The fraction of sp³-hybridized carbons (Fsp3) is 0.394. The molecular formula is C33H39N5O3S. The van der Waals surface area contributed by atoms with Crippen LogP contribution in [0.4, 0.5) is 11.4 Å². The number of pyridine rings is 1. The van der Waals surface area contributed by atoms with Gasteiger partial charge < -0.3 is 14.9 Å². The molecule has 0 fully saturated rings. The fourth-order valence-corrected chi connectivity index (χ4v) is 7.17. The third-order valence-electron chi connectivity index (χ3n) is 8.60. The molecular weight excluding hydrogens is 546 g/mol. The molecule has 0 radical (unpaired) electrons. The van der Waals surface area contributed by atoms with Gasteiger partial charge in [0.2, 0.25) is 0 Å². The Balaban J connectivity index is 1.42. The van der Waals surface area contributed by atoms with Crippen molar-refractivity contribution in [2.24, 2.45) is 0 Å². The van der Waals surface area contributed by atoms with Crippen molar-refractivity contribution in [2.75, 3.05) is 30.6 Å². The van der Waals surface area contributed by atoms with E-state index < -0.39 is 0 Å². The topological polar surface area (TPSA) is 79.0 Å². The van der Waals surface area contributed by atoms with E-state index in [4.69, 9.17) is 14.5 Å². The maximum absolute atomic E-state index is 13.0. The van der Waals surface area contributed by atoms with Crippen LogP contribution in [0.3, 0.4) is 0 Å². The van der Waals surface area contributed by atoms with Gasteiger partial charge in [-0.2, -0.15) is 0 Å². The van der Waals surface area contributed by atoms with Gasteiger partial charge in [-0.25, -0.2) is 0 Å². The van der Waals surface area contributed by atoms with Gasteiger partial charge in [0, 0.05) is 37.0 Å². The Hall–Kier alpha value is -3.66. The summed E-state index contributed by atoms with van der Waals surface area (Å²) in [6.07, 6.45) is 3.13. The van der Waals surface area contributed by atoms with E-state index in [1.165, 1.54) is 15.6 Å². The largest absolute Gasteiger partial charge is 0.487 e. The smallest absolute Gasteiger partial charge is 0.306 e. The predicted octanol–water partition coefficient (Wildman–Crippen LogP) is 6.71. The number of carbonyl (C=O) groups excluding carboxylic acids is 1. The zero-order valence-corrected chi connectivity index (χ0v) is 25.8. The van der Waals surface area contributed by atoms with E-state index in [0.29, 0.717) is 6.61 Å². The molecule has 220 valence electrons. The van der Waals surface area contributed by atoms with Crippen LogP contribution in [0.1, 0.15) is 73.5 Å². The number of nitrogens with zero attached hydrogens (tertiary/aromatic N) is 3. The number of hydrogen-bond donors (Lipinski definition) is 2. The molecule has 3 atom stereocenters. The number of rotatable bonds is 8. The highest BCUT2D eigenvalue weighted by atomic mass is 32.1. The second-order valence-corrected chi connectivity index (χ2v) is 12.1. The number of thiophene rings is 1. The number of nitrogens with one attached hydrogen (secondary N) is 2. The van der Waals surface area contributed by atoms with E-state index >= 15 is 0 Å². The second kappa shape index (κ2) is 11.9. The van der Waals surface area contributed by atoms with Gasteiger partial charge in [-0.05, 0) is 90.5 Å². The summed E-state index contributed by atoms with van der Waals surface area (Å²) in [7, 11) is 1.98. The molecule has 2 aromatic carbocycles. The second-order valence-electron chi connectivity index (χ2n) is 11.2. The lowest BCUT2D eigenvalue weighted by molar-refractivity contribution is -0.143. The van der Waals surface area contributed by atoms with Crippen molar-refractivity contribution >= 4 is 38.8 Å². The zero-order chi connectivity index (χ0) is 29.4. The summed E-state index contributed by atoms with van der Waals surface area (Å²) in [5.41, 5.74) is 14.2. The maximum atomic E-state index is 13.0. The molecule has 4 heterocycles. The lowest BCUT2D eigenvalue weighted by Gasteiger charge is -2.29. The molecule has 8 nitrogen and oxygen atoms in total. The first-order valence-electron chi connectivity index (χ1n) is 14.8. The number of aromatic nitrogens is 1. The van der Waals surface area contributed by atoms with Crippen molar-refractivity contribution in [3.63, 3.8) is 0 Å². The molecule has 2 aliphatic heterocycles. The van der Waals surface area contributed by atoms with Crippen LogP contribution in [0, 0.1) is 6.92 Å². The molecule has 0 amide bonds. The monoisotopic (exact) mass is 585 g/mol. The SMILES string of the molecule is CCOC(=O)CC(c1cc(CN2C[C@@H](CC)Oc3cccnc3[C@H]2C)c2sccc2c1)c1ccc2c(c1C)NNN2C. The van der Waals surface area contributed by atoms with Gasteiger partial charge in [0.1, 0.15) is 11.9 Å². The fourth-order valence-electron chi connectivity index (χ4n) is 6.28. The number of esters is 1. The van der Waals surface area contributed by atoms with Crippen LogP contribution in [0.5, 0.6) is 5.75 Å². The van der Waals surface area contributed by atoms with Crippen molar-refractivity contribution < 1.29 is 14.3 Å². The molecule has 4 aromatic rings. The van der Waals surface area contributed by atoms with Crippen molar-refractivity contribution in [1.29, 1.82) is 0 Å². The van der Waals surface area contributed by atoms with Crippen LogP contribution in [-0.2, 0) is 16.1 Å². The molecule has 2 N–H and O–H groups in total. The Morgan fingerprint density at radius 3 is 2.90 bits per heavy atom. The van der Waals surface area contributed by atoms with Gasteiger partial charge in [-0.3, -0.25) is 19.7 Å². The van der Waals surface area contributed by atoms with Gasteiger partial charge in [-0.15, -0.1) is 16.9 Å². The molecule has 1 unspecified atom stereocenters. The normalized spacial score (nSPS) is 19.0. The Bertz CT molecular complexity index is 1600. The Morgan fingerprint density at radius 2 is 2.10 bits per heavy atom. The average Bonchev–Trinajstić information content (AvgIpc) is 3.59. The summed E-state index contributed by atoms with van der Waals surface area (Å²) >= 11 is 1.77. The van der Waals surface area contributed by atoms with E-state index in [2.05, 4.69) is 72.3 Å². The number of ether oxygens (including phenoxy) is 2. The van der Waals surface area contributed by atoms with Gasteiger partial charge in [0.15, 0.2) is 0 Å². The van der Waals surface area contributed by atoms with Crippen LogP contribution in [0.25, 0.3) is 10.1 Å². The first-order chi connectivity index (χ1) is 20.4. The summed E-state index contributed by atoms with van der Waals surface area (Å²) in [6, 6.07) is 15.1. The lowest BCUT2D eigenvalue weighted by Crippen LogP contribution is -2.34. The summed E-state index contributed by atoms with van der Waals surface area (Å²) in [5.74, 6) is 0.537. The number of hydrazine groups is 2. The van der Waals surface area contributed by atoms with Gasteiger partial charge in [0.25, 0.3) is 0 Å². The Kier molecular flexibility index (Phi) is 8.07. The average molecular weight is 586 g/mol. The molecule has 0 saturated heterocycles. The Morgan fingerprint density at radius 1 is 1.24 bits per heavy atom. The summed E-state index contributed by atoms with van der Waals surface area (Å²) in [4.78, 5) is 20.2.